The van der Waals surface area contributed by atoms with E-state index in [-0.39, 0.29) is 17.5 Å². The summed E-state index contributed by atoms with van der Waals surface area (Å²) in [5, 5.41) is 6.89. The highest BCUT2D eigenvalue weighted by atomic mass is 35.5. The van der Waals surface area contributed by atoms with E-state index in [0.717, 1.165) is 6.20 Å². The van der Waals surface area contributed by atoms with Crippen LogP contribution < -0.4 is 5.32 Å². The average molecular weight is 481 g/mol. The number of nitrogens with zero attached hydrogens (tertiary/aromatic N) is 3. The van der Waals surface area contributed by atoms with E-state index in [9.17, 15) is 22.4 Å². The molecule has 1 aliphatic rings. The molecule has 1 aromatic heterocycles. The quantitative estimate of drug-likeness (QED) is 0.518. The summed E-state index contributed by atoms with van der Waals surface area (Å²) in [5.74, 6) is -1.10. The Morgan fingerprint density at radius 2 is 1.76 bits per heavy atom. The first-order chi connectivity index (χ1) is 15.7. The van der Waals surface area contributed by atoms with Crippen molar-refractivity contribution < 1.29 is 22.4 Å². The van der Waals surface area contributed by atoms with Crippen molar-refractivity contribution in [3.8, 4) is 5.69 Å². The number of carbonyl (C=O) groups excluding carboxylic acids is 1. The molecule has 174 valence electrons. The molecule has 1 saturated heterocycles. The molecule has 10 heteroatoms. The van der Waals surface area contributed by atoms with Crippen LogP contribution >= 0.6 is 11.6 Å². The van der Waals surface area contributed by atoms with Crippen molar-refractivity contribution in [2.24, 2.45) is 0 Å². The van der Waals surface area contributed by atoms with E-state index in [1.165, 1.54) is 30.3 Å². The monoisotopic (exact) mass is 480 g/mol. The van der Waals surface area contributed by atoms with Crippen molar-refractivity contribution >= 4 is 17.5 Å². The first-order valence-electron chi connectivity index (χ1n) is 10.4. The zero-order chi connectivity index (χ0) is 23.6. The minimum Gasteiger partial charge on any atom is -0.349 e. The zero-order valence-corrected chi connectivity index (χ0v) is 18.2. The fourth-order valence-electron chi connectivity index (χ4n) is 3.93. The second-order valence-corrected chi connectivity index (χ2v) is 8.34. The van der Waals surface area contributed by atoms with E-state index in [4.69, 9.17) is 11.6 Å². The van der Waals surface area contributed by atoms with Crippen LogP contribution in [0.15, 0.2) is 54.7 Å². The molecule has 2 heterocycles. The van der Waals surface area contributed by atoms with Crippen LogP contribution in [-0.2, 0) is 12.7 Å². The lowest BCUT2D eigenvalue weighted by atomic mass is 10.0. The molecule has 33 heavy (non-hydrogen) atoms. The van der Waals surface area contributed by atoms with Gasteiger partial charge in [0.1, 0.15) is 5.82 Å². The molecule has 0 spiro atoms. The molecule has 0 bridgehead atoms. The number of amides is 1. The summed E-state index contributed by atoms with van der Waals surface area (Å²) >= 11 is 5.82. The van der Waals surface area contributed by atoms with Crippen molar-refractivity contribution in [2.45, 2.75) is 31.6 Å². The summed E-state index contributed by atoms with van der Waals surface area (Å²) in [6.07, 6.45) is -2.76. The molecule has 3 aromatic rings. The maximum Gasteiger partial charge on any atom is 0.434 e. The van der Waals surface area contributed by atoms with Crippen LogP contribution in [0.3, 0.4) is 0 Å². The Morgan fingerprint density at radius 1 is 1.09 bits per heavy atom. The summed E-state index contributed by atoms with van der Waals surface area (Å²) in [4.78, 5) is 14.8. The van der Waals surface area contributed by atoms with Gasteiger partial charge < -0.3 is 5.32 Å². The lowest BCUT2D eigenvalue weighted by molar-refractivity contribution is -0.143. The minimum atomic E-state index is -4.79. The minimum absolute atomic E-state index is 0.146. The number of rotatable bonds is 5. The molecule has 0 atom stereocenters. The molecule has 0 unspecified atom stereocenters. The van der Waals surface area contributed by atoms with Gasteiger partial charge in [-0.1, -0.05) is 29.8 Å². The Labute approximate surface area is 193 Å². The molecule has 2 aromatic carbocycles. The highest BCUT2D eigenvalue weighted by Gasteiger charge is 2.41. The highest BCUT2D eigenvalue weighted by Crippen LogP contribution is 2.34. The maximum atomic E-state index is 13.9. The summed E-state index contributed by atoms with van der Waals surface area (Å²) in [6, 6.07) is 12.0. The number of hydrogen-bond acceptors (Lipinski definition) is 3. The number of nitrogens with one attached hydrogen (secondary N) is 1. The number of alkyl halides is 3. The van der Waals surface area contributed by atoms with E-state index < -0.39 is 23.3 Å². The molecule has 5 nitrogen and oxygen atoms in total. The number of aromatic nitrogens is 2. The Hall–Kier alpha value is -2.91. The lowest BCUT2D eigenvalue weighted by Gasteiger charge is -2.32. The van der Waals surface area contributed by atoms with Crippen molar-refractivity contribution in [2.75, 3.05) is 13.1 Å². The summed E-state index contributed by atoms with van der Waals surface area (Å²) in [7, 11) is 0. The molecule has 0 aliphatic carbocycles. The van der Waals surface area contributed by atoms with Crippen molar-refractivity contribution in [1.82, 2.24) is 20.0 Å². The molecular weight excluding hydrogens is 460 g/mol. The predicted octanol–water partition coefficient (Wildman–Crippen LogP) is 5.08. The summed E-state index contributed by atoms with van der Waals surface area (Å²) < 4.78 is 56.1. The first kappa shape index (κ1) is 23.3. The molecule has 4 rings (SSSR count). The van der Waals surface area contributed by atoms with Crippen LogP contribution in [0.1, 0.15) is 34.5 Å². The van der Waals surface area contributed by atoms with Gasteiger partial charge in [-0.05, 0) is 43.2 Å². The van der Waals surface area contributed by atoms with Crippen LogP contribution in [0.4, 0.5) is 17.6 Å². The SMILES string of the molecule is O=C(NC1CCN(Cc2ccccc2F)CC1)c1cnn(-c2ccc(Cl)cc2)c1C(F)(F)F. The molecule has 1 amide bonds. The second kappa shape index (κ2) is 9.52. The van der Waals surface area contributed by atoms with Gasteiger partial charge in [0.15, 0.2) is 5.69 Å². The third-order valence-corrected chi connectivity index (χ3v) is 5.88. The normalized spacial score (nSPS) is 15.5. The van der Waals surface area contributed by atoms with Gasteiger partial charge in [0.2, 0.25) is 0 Å². The summed E-state index contributed by atoms with van der Waals surface area (Å²) in [6.45, 7) is 1.63. The number of halogens is 5. The molecule has 1 aliphatic heterocycles. The van der Waals surface area contributed by atoms with E-state index in [2.05, 4.69) is 15.3 Å². The van der Waals surface area contributed by atoms with Crippen molar-refractivity contribution in [3.05, 3.63) is 82.4 Å². The topological polar surface area (TPSA) is 50.2 Å². The van der Waals surface area contributed by atoms with Crippen LogP contribution in [-0.4, -0.2) is 39.7 Å². The van der Waals surface area contributed by atoms with E-state index >= 15 is 0 Å². The largest absolute Gasteiger partial charge is 0.434 e. The number of carbonyl (C=O) groups is 1. The Kier molecular flexibility index (Phi) is 6.71. The van der Waals surface area contributed by atoms with Gasteiger partial charge in [-0.15, -0.1) is 0 Å². The fraction of sp³-hybridized carbons (Fsp3) is 0.304. The van der Waals surface area contributed by atoms with Crippen LogP contribution in [0.2, 0.25) is 5.02 Å². The van der Waals surface area contributed by atoms with Crippen LogP contribution in [0.5, 0.6) is 0 Å². The van der Waals surface area contributed by atoms with Gasteiger partial charge in [-0.2, -0.15) is 18.3 Å². The average Bonchev–Trinajstić information content (AvgIpc) is 3.23. The lowest BCUT2D eigenvalue weighted by Crippen LogP contribution is -2.44. The molecule has 0 radical (unpaired) electrons. The van der Waals surface area contributed by atoms with Crippen LogP contribution in [0, 0.1) is 5.82 Å². The summed E-state index contributed by atoms with van der Waals surface area (Å²) in [5.41, 5.74) is -0.942. The third-order valence-electron chi connectivity index (χ3n) is 5.63. The Morgan fingerprint density at radius 3 is 2.39 bits per heavy atom. The number of piperidine rings is 1. The third kappa shape index (κ3) is 5.36. The van der Waals surface area contributed by atoms with Crippen molar-refractivity contribution in [1.29, 1.82) is 0 Å². The molecule has 1 fully saturated rings. The van der Waals surface area contributed by atoms with Gasteiger partial charge in [-0.25, -0.2) is 9.07 Å². The smallest absolute Gasteiger partial charge is 0.349 e. The second-order valence-electron chi connectivity index (χ2n) is 7.91. The number of hydrogen-bond donors (Lipinski definition) is 1. The zero-order valence-electron chi connectivity index (χ0n) is 17.4. The number of likely N-dealkylation sites (tertiary alicyclic amines) is 1. The molecule has 0 saturated carbocycles. The van der Waals surface area contributed by atoms with Gasteiger partial charge in [-0.3, -0.25) is 9.69 Å². The predicted molar refractivity (Wildman–Crippen MR) is 116 cm³/mol. The molecule has 1 N–H and O–H groups in total. The number of benzene rings is 2. The van der Waals surface area contributed by atoms with Crippen molar-refractivity contribution in [3.63, 3.8) is 0 Å². The maximum absolute atomic E-state index is 13.9. The highest BCUT2D eigenvalue weighted by molar-refractivity contribution is 6.30. The van der Waals surface area contributed by atoms with E-state index in [1.807, 2.05) is 0 Å². The first-order valence-corrected chi connectivity index (χ1v) is 10.8. The molecular formula is C23H21ClF4N4O. The fourth-order valence-corrected chi connectivity index (χ4v) is 4.06. The van der Waals surface area contributed by atoms with E-state index in [0.29, 0.717) is 47.7 Å². The Bertz CT molecular complexity index is 1120. The van der Waals surface area contributed by atoms with Gasteiger partial charge in [0.25, 0.3) is 5.91 Å². The van der Waals surface area contributed by atoms with Gasteiger partial charge >= 0.3 is 6.18 Å². The Balaban J connectivity index is 1.44. The van der Waals surface area contributed by atoms with E-state index in [1.54, 1.807) is 18.2 Å². The standard InChI is InChI=1S/C23H21ClF4N4O/c24-16-5-7-18(8-6-16)32-21(23(26,27)28)19(13-29-32)22(33)30-17-9-11-31(12-10-17)14-15-3-1-2-4-20(15)25/h1-8,13,17H,9-12,14H2,(H,30,33). The van der Waals surface area contributed by atoms with Gasteiger partial charge in [0.05, 0.1) is 17.4 Å². The van der Waals surface area contributed by atoms with Crippen LogP contribution in [0.25, 0.3) is 5.69 Å². The van der Waals surface area contributed by atoms with Gasteiger partial charge in [0, 0.05) is 36.3 Å².